The van der Waals surface area contributed by atoms with E-state index in [0.29, 0.717) is 19.5 Å². The molecule has 1 aliphatic rings. The molecular formula is C14H27NO3. The lowest BCUT2D eigenvalue weighted by Gasteiger charge is -2.50. The maximum Gasteiger partial charge on any atom is 0.410 e. The first-order chi connectivity index (χ1) is 8.01. The van der Waals surface area contributed by atoms with Crippen LogP contribution in [0.15, 0.2) is 0 Å². The predicted octanol–water partition coefficient (Wildman–Crippen LogP) is 2.79. The number of carbonyl (C=O) groups is 1. The Morgan fingerprint density at radius 1 is 1.39 bits per heavy atom. The lowest BCUT2D eigenvalue weighted by molar-refractivity contribution is -0.114. The Bertz CT molecular complexity index is 319. The molecule has 1 rings (SSSR count). The monoisotopic (exact) mass is 257 g/mol. The zero-order chi connectivity index (χ0) is 14.2. The Kier molecular flexibility index (Phi) is 4.01. The van der Waals surface area contributed by atoms with E-state index in [4.69, 9.17) is 4.74 Å². The molecule has 2 atom stereocenters. The highest BCUT2D eigenvalue weighted by atomic mass is 16.6. The summed E-state index contributed by atoms with van der Waals surface area (Å²) in [4.78, 5) is 13.8. The number of hydrogen-bond acceptors (Lipinski definition) is 3. The van der Waals surface area contributed by atoms with Gasteiger partial charge in [0.1, 0.15) is 5.60 Å². The second-order valence-electron chi connectivity index (χ2n) is 6.84. The van der Waals surface area contributed by atoms with E-state index in [-0.39, 0.29) is 11.5 Å². The summed E-state index contributed by atoms with van der Waals surface area (Å²) in [6, 6.07) is 0. The van der Waals surface area contributed by atoms with Crippen LogP contribution in [0.3, 0.4) is 0 Å². The van der Waals surface area contributed by atoms with E-state index in [1.165, 1.54) is 0 Å². The van der Waals surface area contributed by atoms with Gasteiger partial charge in [-0.3, -0.25) is 0 Å². The molecule has 1 N–H and O–H groups in total. The fraction of sp³-hybridized carbons (Fsp3) is 0.929. The second kappa shape index (κ2) is 4.72. The van der Waals surface area contributed by atoms with Crippen LogP contribution in [-0.2, 0) is 4.74 Å². The molecule has 0 radical (unpaired) electrons. The molecule has 106 valence electrons. The minimum atomic E-state index is -0.722. The molecule has 0 bridgehead atoms. The first kappa shape index (κ1) is 15.3. The van der Waals surface area contributed by atoms with Crippen molar-refractivity contribution in [1.82, 2.24) is 4.90 Å². The molecule has 1 fully saturated rings. The highest BCUT2D eigenvalue weighted by Gasteiger charge is 2.47. The summed E-state index contributed by atoms with van der Waals surface area (Å²) in [5, 5.41) is 10.4. The van der Waals surface area contributed by atoms with E-state index in [0.717, 1.165) is 6.42 Å². The molecule has 4 nitrogen and oxygen atoms in total. The van der Waals surface area contributed by atoms with Crippen LogP contribution < -0.4 is 0 Å². The minimum Gasteiger partial charge on any atom is -0.444 e. The van der Waals surface area contributed by atoms with E-state index in [1.54, 1.807) is 4.90 Å². The molecular weight excluding hydrogens is 230 g/mol. The number of carbonyl (C=O) groups excluding carboxylic acids is 1. The van der Waals surface area contributed by atoms with Crippen molar-refractivity contribution < 1.29 is 14.6 Å². The molecule has 1 heterocycles. The van der Waals surface area contributed by atoms with Gasteiger partial charge in [0.05, 0.1) is 5.60 Å². The largest absolute Gasteiger partial charge is 0.444 e. The van der Waals surface area contributed by atoms with Gasteiger partial charge in [0.2, 0.25) is 0 Å². The van der Waals surface area contributed by atoms with E-state index in [2.05, 4.69) is 0 Å². The maximum atomic E-state index is 12.1. The third-order valence-corrected chi connectivity index (χ3v) is 4.14. The van der Waals surface area contributed by atoms with Gasteiger partial charge < -0.3 is 14.7 Å². The fourth-order valence-electron chi connectivity index (χ4n) is 2.30. The van der Waals surface area contributed by atoms with Crippen LogP contribution in [0.1, 0.15) is 54.4 Å². The van der Waals surface area contributed by atoms with Crippen LogP contribution in [0.4, 0.5) is 4.79 Å². The van der Waals surface area contributed by atoms with E-state index < -0.39 is 11.2 Å². The van der Waals surface area contributed by atoms with E-state index >= 15 is 0 Å². The molecule has 1 saturated heterocycles. The van der Waals surface area contributed by atoms with Crippen molar-refractivity contribution in [3.05, 3.63) is 0 Å². The summed E-state index contributed by atoms with van der Waals surface area (Å²) in [6.07, 6.45) is 1.15. The van der Waals surface area contributed by atoms with Crippen LogP contribution in [0.25, 0.3) is 0 Å². The van der Waals surface area contributed by atoms with Gasteiger partial charge in [0, 0.05) is 18.5 Å². The van der Waals surface area contributed by atoms with Gasteiger partial charge >= 0.3 is 6.09 Å². The van der Waals surface area contributed by atoms with Gasteiger partial charge in [-0.15, -0.1) is 0 Å². The molecule has 18 heavy (non-hydrogen) atoms. The molecule has 0 spiro atoms. The first-order valence-electron chi connectivity index (χ1n) is 6.71. The SMILES string of the molecule is CCC1(C)CN(C(=O)OC(C)(C)C)CCC1(C)O. The van der Waals surface area contributed by atoms with Gasteiger partial charge in [-0.1, -0.05) is 13.8 Å². The van der Waals surface area contributed by atoms with E-state index in [9.17, 15) is 9.90 Å². The van der Waals surface area contributed by atoms with E-state index in [1.807, 2.05) is 41.5 Å². The summed E-state index contributed by atoms with van der Waals surface area (Å²) in [6.45, 7) is 12.6. The molecule has 0 aromatic rings. The number of rotatable bonds is 1. The summed E-state index contributed by atoms with van der Waals surface area (Å²) in [5.74, 6) is 0. The molecule has 2 unspecified atom stereocenters. The molecule has 4 heteroatoms. The average Bonchev–Trinajstić information content (AvgIpc) is 2.19. The Morgan fingerprint density at radius 2 is 1.94 bits per heavy atom. The molecule has 0 aromatic heterocycles. The van der Waals surface area contributed by atoms with Crippen LogP contribution >= 0.6 is 0 Å². The van der Waals surface area contributed by atoms with Crippen molar-refractivity contribution >= 4 is 6.09 Å². The minimum absolute atomic E-state index is 0.276. The smallest absolute Gasteiger partial charge is 0.410 e. The highest BCUT2D eigenvalue weighted by molar-refractivity contribution is 5.68. The number of hydrogen-bond donors (Lipinski definition) is 1. The van der Waals surface area contributed by atoms with Crippen LogP contribution in [0.2, 0.25) is 0 Å². The molecule has 1 aliphatic heterocycles. The molecule has 0 saturated carbocycles. The quantitative estimate of drug-likeness (QED) is 0.786. The first-order valence-corrected chi connectivity index (χ1v) is 6.71. The van der Waals surface area contributed by atoms with Crippen LogP contribution in [-0.4, -0.2) is 40.4 Å². The lowest BCUT2D eigenvalue weighted by Crippen LogP contribution is -2.58. The zero-order valence-electron chi connectivity index (χ0n) is 12.5. The number of likely N-dealkylation sites (tertiary alicyclic amines) is 1. The maximum absolute atomic E-state index is 12.1. The number of amides is 1. The summed E-state index contributed by atoms with van der Waals surface area (Å²) in [5.41, 5.74) is -1.47. The van der Waals surface area contributed by atoms with Crippen molar-refractivity contribution in [2.24, 2.45) is 5.41 Å². The lowest BCUT2D eigenvalue weighted by atomic mass is 9.68. The van der Waals surface area contributed by atoms with Crippen LogP contribution in [0.5, 0.6) is 0 Å². The van der Waals surface area contributed by atoms with Gasteiger partial charge in [0.15, 0.2) is 0 Å². The Balaban J connectivity index is 2.76. The Morgan fingerprint density at radius 3 is 2.39 bits per heavy atom. The number of aliphatic hydroxyl groups is 1. The third-order valence-electron chi connectivity index (χ3n) is 4.14. The van der Waals surface area contributed by atoms with Crippen molar-refractivity contribution in [3.8, 4) is 0 Å². The number of ether oxygens (including phenoxy) is 1. The predicted molar refractivity (Wildman–Crippen MR) is 71.4 cm³/mol. The standard InChI is InChI=1S/C14H27NO3/c1-7-13(5)10-15(9-8-14(13,6)17)11(16)18-12(2,3)4/h17H,7-10H2,1-6H3. The molecule has 0 aromatic carbocycles. The van der Waals surface area contributed by atoms with Crippen molar-refractivity contribution in [2.45, 2.75) is 65.6 Å². The van der Waals surface area contributed by atoms with Crippen molar-refractivity contribution in [2.75, 3.05) is 13.1 Å². The Hall–Kier alpha value is -0.770. The Labute approximate surface area is 110 Å². The van der Waals surface area contributed by atoms with Crippen molar-refractivity contribution in [3.63, 3.8) is 0 Å². The topological polar surface area (TPSA) is 49.8 Å². The summed E-state index contributed by atoms with van der Waals surface area (Å²) < 4.78 is 5.39. The zero-order valence-corrected chi connectivity index (χ0v) is 12.5. The average molecular weight is 257 g/mol. The summed E-state index contributed by atoms with van der Waals surface area (Å²) >= 11 is 0. The van der Waals surface area contributed by atoms with Gasteiger partial charge in [-0.2, -0.15) is 0 Å². The van der Waals surface area contributed by atoms with Crippen LogP contribution in [0, 0.1) is 5.41 Å². The molecule has 1 amide bonds. The normalized spacial score (nSPS) is 33.4. The van der Waals surface area contributed by atoms with Gasteiger partial charge in [-0.05, 0) is 40.5 Å². The summed E-state index contributed by atoms with van der Waals surface area (Å²) in [7, 11) is 0. The number of piperidine rings is 1. The number of nitrogens with zero attached hydrogens (tertiary/aromatic N) is 1. The highest BCUT2D eigenvalue weighted by Crippen LogP contribution is 2.41. The fourth-order valence-corrected chi connectivity index (χ4v) is 2.30. The van der Waals surface area contributed by atoms with Gasteiger partial charge in [0.25, 0.3) is 0 Å². The van der Waals surface area contributed by atoms with Gasteiger partial charge in [-0.25, -0.2) is 4.79 Å². The third kappa shape index (κ3) is 3.16. The molecule has 0 aliphatic carbocycles. The second-order valence-corrected chi connectivity index (χ2v) is 6.84. The van der Waals surface area contributed by atoms with Crippen molar-refractivity contribution in [1.29, 1.82) is 0 Å².